The van der Waals surface area contributed by atoms with Crippen LogP contribution >= 0.6 is 0 Å². The third-order valence-corrected chi connectivity index (χ3v) is 5.55. The average Bonchev–Trinajstić information content (AvgIpc) is 2.98. The first kappa shape index (κ1) is 17.5. The van der Waals surface area contributed by atoms with Crippen LogP contribution in [0.25, 0.3) is 0 Å². The Bertz CT molecular complexity index is 832. The summed E-state index contributed by atoms with van der Waals surface area (Å²) >= 11 is 0. The number of phenols is 1. The van der Waals surface area contributed by atoms with Gasteiger partial charge in [0.25, 0.3) is 5.91 Å². The lowest BCUT2D eigenvalue weighted by Crippen LogP contribution is -3.19. The molecule has 6 nitrogen and oxygen atoms in total. The van der Waals surface area contributed by atoms with Crippen LogP contribution in [-0.2, 0) is 16.1 Å². The molecule has 6 heteroatoms. The molecule has 0 radical (unpaired) electrons. The number of rotatable bonds is 4. The Morgan fingerprint density at radius 3 is 2.33 bits per heavy atom. The number of para-hydroxylation sites is 2. The summed E-state index contributed by atoms with van der Waals surface area (Å²) in [4.78, 5) is 30.0. The average molecular weight is 366 g/mol. The highest BCUT2D eigenvalue weighted by molar-refractivity contribution is 6.04. The molecule has 0 saturated carbocycles. The van der Waals surface area contributed by atoms with Crippen molar-refractivity contribution in [1.82, 2.24) is 4.90 Å². The molecule has 2 fully saturated rings. The number of hydrogen-bond acceptors (Lipinski definition) is 4. The number of imide groups is 1. The molecule has 0 bridgehead atoms. The summed E-state index contributed by atoms with van der Waals surface area (Å²) in [5.74, 6) is 0.140. The van der Waals surface area contributed by atoms with E-state index in [4.69, 9.17) is 0 Å². The van der Waals surface area contributed by atoms with Gasteiger partial charge >= 0.3 is 0 Å². The van der Waals surface area contributed by atoms with E-state index in [0.29, 0.717) is 6.54 Å². The van der Waals surface area contributed by atoms with E-state index in [1.54, 1.807) is 6.07 Å². The number of carbonyl (C=O) groups excluding carboxylic acids is 2. The van der Waals surface area contributed by atoms with Crippen LogP contribution in [0.3, 0.4) is 0 Å². The van der Waals surface area contributed by atoms with Crippen LogP contribution in [0.5, 0.6) is 5.75 Å². The molecule has 2 aromatic rings. The number of hydrogen-bond donors (Lipinski definition) is 2. The molecular formula is C21H24N3O3+. The molecular weight excluding hydrogens is 342 g/mol. The molecule has 0 spiro atoms. The van der Waals surface area contributed by atoms with Crippen molar-refractivity contribution in [2.24, 2.45) is 0 Å². The zero-order valence-corrected chi connectivity index (χ0v) is 15.2. The van der Waals surface area contributed by atoms with Crippen LogP contribution in [0, 0.1) is 0 Å². The second-order valence-electron chi connectivity index (χ2n) is 7.19. The van der Waals surface area contributed by atoms with E-state index in [1.165, 1.54) is 4.90 Å². The molecule has 2 saturated heterocycles. The first-order valence-electron chi connectivity index (χ1n) is 9.39. The number of carbonyl (C=O) groups is 2. The Kier molecular flexibility index (Phi) is 4.81. The van der Waals surface area contributed by atoms with Crippen LogP contribution in [0.4, 0.5) is 5.69 Å². The second kappa shape index (κ2) is 7.40. The number of nitrogens with zero attached hydrogens (tertiary/aromatic N) is 2. The lowest BCUT2D eigenvalue weighted by molar-refractivity contribution is -0.915. The molecule has 1 atom stereocenters. The number of aromatic hydroxyl groups is 1. The van der Waals surface area contributed by atoms with Gasteiger partial charge in [-0.3, -0.25) is 14.5 Å². The molecule has 0 unspecified atom stereocenters. The van der Waals surface area contributed by atoms with Gasteiger partial charge in [-0.1, -0.05) is 42.5 Å². The number of amides is 2. The van der Waals surface area contributed by atoms with Crippen LogP contribution in [0.2, 0.25) is 0 Å². The highest BCUT2D eigenvalue weighted by atomic mass is 16.3. The summed E-state index contributed by atoms with van der Waals surface area (Å²) in [6.45, 7) is 3.41. The standard InChI is InChI=1S/C21H23N3O3/c25-19-9-5-4-8-17(19)22-10-12-23(13-11-22)18-14-20(26)24(21(18)27)15-16-6-2-1-3-7-16/h1-9,18,25H,10-15H2/p+1/t18-/m1/s1. The predicted octanol–water partition coefficient (Wildman–Crippen LogP) is 0.425. The van der Waals surface area contributed by atoms with Crippen LogP contribution in [0.1, 0.15) is 12.0 Å². The maximum atomic E-state index is 12.9. The van der Waals surface area contributed by atoms with Crippen molar-refractivity contribution in [3.8, 4) is 5.75 Å². The van der Waals surface area contributed by atoms with E-state index < -0.39 is 0 Å². The van der Waals surface area contributed by atoms with E-state index >= 15 is 0 Å². The Balaban J connectivity index is 1.39. The largest absolute Gasteiger partial charge is 0.506 e. The predicted molar refractivity (Wildman–Crippen MR) is 101 cm³/mol. The molecule has 140 valence electrons. The smallest absolute Gasteiger partial charge is 0.288 e. The molecule has 0 aromatic heterocycles. The fourth-order valence-electron chi connectivity index (χ4n) is 4.05. The van der Waals surface area contributed by atoms with Crippen molar-refractivity contribution in [2.45, 2.75) is 19.0 Å². The first-order chi connectivity index (χ1) is 13.1. The topological polar surface area (TPSA) is 65.3 Å². The summed E-state index contributed by atoms with van der Waals surface area (Å²) in [6.07, 6.45) is 0.289. The van der Waals surface area contributed by atoms with Gasteiger partial charge in [0.05, 0.1) is 44.8 Å². The van der Waals surface area contributed by atoms with Crippen molar-refractivity contribution in [1.29, 1.82) is 0 Å². The molecule has 2 aliphatic heterocycles. The van der Waals surface area contributed by atoms with Gasteiger partial charge in [-0.25, -0.2) is 0 Å². The van der Waals surface area contributed by atoms with Crippen LogP contribution < -0.4 is 9.80 Å². The van der Waals surface area contributed by atoms with E-state index in [2.05, 4.69) is 4.90 Å². The van der Waals surface area contributed by atoms with Crippen molar-refractivity contribution in [2.75, 3.05) is 31.1 Å². The van der Waals surface area contributed by atoms with E-state index in [0.717, 1.165) is 42.3 Å². The monoisotopic (exact) mass is 366 g/mol. The number of piperazine rings is 1. The van der Waals surface area contributed by atoms with Gasteiger partial charge in [0.2, 0.25) is 5.91 Å². The summed E-state index contributed by atoms with van der Waals surface area (Å²) in [7, 11) is 0. The Hall–Kier alpha value is -2.86. The summed E-state index contributed by atoms with van der Waals surface area (Å²) < 4.78 is 0. The maximum absolute atomic E-state index is 12.9. The zero-order valence-electron chi connectivity index (χ0n) is 15.2. The quantitative estimate of drug-likeness (QED) is 0.770. The lowest BCUT2D eigenvalue weighted by atomic mass is 10.1. The Labute approximate surface area is 158 Å². The summed E-state index contributed by atoms with van der Waals surface area (Å²) in [6, 6.07) is 16.7. The maximum Gasteiger partial charge on any atom is 0.288 e. The van der Waals surface area contributed by atoms with Gasteiger partial charge in [-0.15, -0.1) is 0 Å². The third-order valence-electron chi connectivity index (χ3n) is 5.55. The van der Waals surface area contributed by atoms with Gasteiger partial charge in [0.1, 0.15) is 5.75 Å². The third kappa shape index (κ3) is 3.53. The first-order valence-corrected chi connectivity index (χ1v) is 9.39. The minimum absolute atomic E-state index is 0.0603. The highest BCUT2D eigenvalue weighted by Crippen LogP contribution is 2.26. The minimum Gasteiger partial charge on any atom is -0.506 e. The Morgan fingerprint density at radius 1 is 0.963 bits per heavy atom. The Morgan fingerprint density at radius 2 is 1.63 bits per heavy atom. The van der Waals surface area contributed by atoms with Crippen molar-refractivity contribution in [3.05, 3.63) is 60.2 Å². The summed E-state index contributed by atoms with van der Waals surface area (Å²) in [5, 5.41) is 10.0. The number of anilines is 1. The molecule has 0 aliphatic carbocycles. The molecule has 2 aromatic carbocycles. The van der Waals surface area contributed by atoms with Gasteiger partial charge in [0.15, 0.2) is 6.04 Å². The number of likely N-dealkylation sites (tertiary alicyclic amines) is 1. The van der Waals surface area contributed by atoms with Gasteiger partial charge in [-0.2, -0.15) is 0 Å². The van der Waals surface area contributed by atoms with Crippen molar-refractivity contribution >= 4 is 17.5 Å². The molecule has 2 N–H and O–H groups in total. The normalized spacial score (nSPS) is 21.1. The molecule has 2 heterocycles. The van der Waals surface area contributed by atoms with Gasteiger partial charge < -0.3 is 14.9 Å². The molecule has 2 aliphatic rings. The SMILES string of the molecule is O=C1C[C@@H]([NH+]2CCN(c3ccccc3O)CC2)C(=O)N1Cc1ccccc1. The molecule has 2 amide bonds. The minimum atomic E-state index is -0.285. The van der Waals surface area contributed by atoms with Gasteiger partial charge in [-0.05, 0) is 17.7 Å². The van der Waals surface area contributed by atoms with Gasteiger partial charge in [0, 0.05) is 0 Å². The second-order valence-corrected chi connectivity index (χ2v) is 7.19. The van der Waals surface area contributed by atoms with Crippen molar-refractivity contribution < 1.29 is 19.6 Å². The van der Waals surface area contributed by atoms with Crippen LogP contribution in [0.15, 0.2) is 54.6 Å². The fraction of sp³-hybridized carbons (Fsp3) is 0.333. The summed E-state index contributed by atoms with van der Waals surface area (Å²) in [5.41, 5.74) is 1.80. The van der Waals surface area contributed by atoms with E-state index in [9.17, 15) is 14.7 Å². The molecule has 27 heavy (non-hydrogen) atoms. The van der Waals surface area contributed by atoms with Crippen molar-refractivity contribution in [3.63, 3.8) is 0 Å². The number of nitrogens with one attached hydrogen (secondary N) is 1. The van der Waals surface area contributed by atoms with E-state index in [1.807, 2.05) is 48.5 Å². The highest BCUT2D eigenvalue weighted by Gasteiger charge is 2.45. The number of phenolic OH excluding ortho intramolecular Hbond substituents is 1. The van der Waals surface area contributed by atoms with E-state index in [-0.39, 0.29) is 30.0 Å². The fourth-order valence-corrected chi connectivity index (χ4v) is 4.05. The van der Waals surface area contributed by atoms with Crippen LogP contribution in [-0.4, -0.2) is 54.0 Å². The number of quaternary nitrogens is 1. The lowest BCUT2D eigenvalue weighted by Gasteiger charge is -2.35. The zero-order chi connectivity index (χ0) is 18.8. The molecule has 4 rings (SSSR count). The number of benzene rings is 2.